The molecule has 0 saturated carbocycles. The van der Waals surface area contributed by atoms with Gasteiger partial charge >= 0.3 is 0 Å². The van der Waals surface area contributed by atoms with E-state index in [0.717, 1.165) is 65.9 Å². The Balaban J connectivity index is 1.47. The largest absolute Gasteiger partial charge is 0.343 e. The molecule has 0 spiro atoms. The van der Waals surface area contributed by atoms with E-state index in [4.69, 9.17) is 9.97 Å². The van der Waals surface area contributed by atoms with Crippen molar-refractivity contribution in [3.63, 3.8) is 0 Å². The molecule has 0 bridgehead atoms. The molecule has 6 nitrogen and oxygen atoms in total. The predicted octanol–water partition coefficient (Wildman–Crippen LogP) is 5.65. The molecule has 0 N–H and O–H groups in total. The van der Waals surface area contributed by atoms with Gasteiger partial charge in [-0.1, -0.05) is 13.0 Å². The van der Waals surface area contributed by atoms with Crippen LogP contribution in [0.1, 0.15) is 43.9 Å². The van der Waals surface area contributed by atoms with Crippen molar-refractivity contribution in [3.8, 4) is 11.3 Å². The zero-order chi connectivity index (χ0) is 23.8. The molecule has 1 saturated heterocycles. The highest BCUT2D eigenvalue weighted by Crippen LogP contribution is 2.35. The number of halogens is 1. The van der Waals surface area contributed by atoms with Crippen molar-refractivity contribution in [1.82, 2.24) is 19.3 Å². The summed E-state index contributed by atoms with van der Waals surface area (Å²) in [4.78, 5) is 25.4. The van der Waals surface area contributed by atoms with Gasteiger partial charge in [-0.25, -0.2) is 14.4 Å². The molecular formula is C26H28FN5OS. The summed E-state index contributed by atoms with van der Waals surface area (Å²) in [6.07, 6.45) is 4.96. The number of carbonyl (C=O) groups excluding carboxylic acids is 1. The van der Waals surface area contributed by atoms with Crippen LogP contribution in [0.25, 0.3) is 16.9 Å². The van der Waals surface area contributed by atoms with Crippen molar-refractivity contribution in [1.29, 1.82) is 0 Å². The second kappa shape index (κ2) is 9.18. The Bertz CT molecular complexity index is 1320. The molecule has 3 aromatic heterocycles. The molecule has 8 heteroatoms. The fourth-order valence-electron chi connectivity index (χ4n) is 4.72. The van der Waals surface area contributed by atoms with Crippen LogP contribution in [0.3, 0.4) is 0 Å². The molecule has 0 aliphatic carbocycles. The van der Waals surface area contributed by atoms with E-state index in [1.807, 2.05) is 17.3 Å². The number of piperidine rings is 1. The average Bonchev–Trinajstić information content (AvgIpc) is 3.49. The Morgan fingerprint density at radius 1 is 1.15 bits per heavy atom. The lowest BCUT2D eigenvalue weighted by atomic mass is 9.90. The van der Waals surface area contributed by atoms with E-state index in [1.54, 1.807) is 30.4 Å². The first-order valence-electron chi connectivity index (χ1n) is 11.7. The zero-order valence-electron chi connectivity index (χ0n) is 19.7. The number of fused-ring (bicyclic) bond motifs is 1. The first kappa shape index (κ1) is 22.5. The fourth-order valence-corrected chi connectivity index (χ4v) is 5.52. The summed E-state index contributed by atoms with van der Waals surface area (Å²) in [5.74, 6) is 1.34. The molecule has 0 radical (unpaired) electrons. The van der Waals surface area contributed by atoms with Gasteiger partial charge in [-0.05, 0) is 61.1 Å². The van der Waals surface area contributed by atoms with Crippen molar-refractivity contribution in [3.05, 3.63) is 65.0 Å². The monoisotopic (exact) mass is 477 g/mol. The van der Waals surface area contributed by atoms with E-state index in [9.17, 15) is 9.18 Å². The number of rotatable bonds is 5. The van der Waals surface area contributed by atoms with Gasteiger partial charge in [0, 0.05) is 44.2 Å². The minimum atomic E-state index is -0.252. The lowest BCUT2D eigenvalue weighted by molar-refractivity contribution is -0.129. The minimum Gasteiger partial charge on any atom is -0.343 e. The van der Waals surface area contributed by atoms with E-state index in [0.29, 0.717) is 5.92 Å². The third-order valence-corrected chi connectivity index (χ3v) is 7.59. The molecule has 34 heavy (non-hydrogen) atoms. The normalized spacial score (nSPS) is 14.6. The van der Waals surface area contributed by atoms with Gasteiger partial charge in [-0.15, -0.1) is 11.3 Å². The van der Waals surface area contributed by atoms with E-state index < -0.39 is 0 Å². The SMILES string of the molecule is CCc1nc2ccc(C3CCN(C(C)=O)CC3)cn2c1N(C)c1nc(-c2ccc(F)cc2)cs1. The van der Waals surface area contributed by atoms with Crippen LogP contribution in [-0.4, -0.2) is 45.3 Å². The van der Waals surface area contributed by atoms with Crippen molar-refractivity contribution in [2.45, 2.75) is 39.0 Å². The van der Waals surface area contributed by atoms with Crippen molar-refractivity contribution >= 4 is 33.8 Å². The molecule has 1 aliphatic heterocycles. The number of nitrogens with zero attached hydrogens (tertiary/aromatic N) is 5. The topological polar surface area (TPSA) is 53.7 Å². The van der Waals surface area contributed by atoms with Crippen LogP contribution in [0.5, 0.6) is 0 Å². The van der Waals surface area contributed by atoms with Gasteiger partial charge in [-0.3, -0.25) is 9.20 Å². The van der Waals surface area contributed by atoms with Crippen molar-refractivity contribution in [2.75, 3.05) is 25.0 Å². The van der Waals surface area contributed by atoms with Crippen LogP contribution in [0.4, 0.5) is 15.3 Å². The van der Waals surface area contributed by atoms with Gasteiger partial charge in [0.2, 0.25) is 5.91 Å². The van der Waals surface area contributed by atoms with Crippen LogP contribution in [-0.2, 0) is 11.2 Å². The third kappa shape index (κ3) is 4.18. The van der Waals surface area contributed by atoms with Gasteiger partial charge in [-0.2, -0.15) is 0 Å². The number of pyridine rings is 1. The van der Waals surface area contributed by atoms with Crippen LogP contribution < -0.4 is 4.90 Å². The summed E-state index contributed by atoms with van der Waals surface area (Å²) < 4.78 is 15.5. The number of anilines is 2. The lowest BCUT2D eigenvalue weighted by Gasteiger charge is -2.31. The Hall–Kier alpha value is -3.26. The lowest BCUT2D eigenvalue weighted by Crippen LogP contribution is -2.36. The van der Waals surface area contributed by atoms with Crippen LogP contribution >= 0.6 is 11.3 Å². The highest BCUT2D eigenvalue weighted by molar-refractivity contribution is 7.14. The predicted molar refractivity (Wildman–Crippen MR) is 134 cm³/mol. The standard InChI is InChI=1S/C26H28FN5OS/c1-4-22-25(30(3)26-29-23(16-34-26)19-5-8-21(27)9-6-19)32-15-20(7-10-24(32)28-22)18-11-13-31(14-12-18)17(2)33/h5-10,15-16,18H,4,11-14H2,1-3H3. The number of aromatic nitrogens is 3. The van der Waals surface area contributed by atoms with Crippen LogP contribution in [0.2, 0.25) is 0 Å². The van der Waals surface area contributed by atoms with Gasteiger partial charge in [0.15, 0.2) is 5.13 Å². The first-order valence-corrected chi connectivity index (χ1v) is 12.5. The number of likely N-dealkylation sites (tertiary alicyclic amines) is 1. The zero-order valence-corrected chi connectivity index (χ0v) is 20.5. The molecule has 1 fully saturated rings. The smallest absolute Gasteiger partial charge is 0.219 e. The highest BCUT2D eigenvalue weighted by Gasteiger charge is 2.24. The van der Waals surface area contributed by atoms with Crippen LogP contribution in [0, 0.1) is 5.82 Å². The second-order valence-electron chi connectivity index (χ2n) is 8.79. The molecule has 176 valence electrons. The van der Waals surface area contributed by atoms with Crippen molar-refractivity contribution in [2.24, 2.45) is 0 Å². The Morgan fingerprint density at radius 3 is 2.56 bits per heavy atom. The summed E-state index contributed by atoms with van der Waals surface area (Å²) in [6, 6.07) is 10.7. The molecule has 0 atom stereocenters. The molecule has 4 heterocycles. The number of amides is 1. The summed E-state index contributed by atoms with van der Waals surface area (Å²) in [7, 11) is 2.02. The number of benzene rings is 1. The number of hydrogen-bond acceptors (Lipinski definition) is 5. The minimum absolute atomic E-state index is 0.156. The van der Waals surface area contributed by atoms with Crippen LogP contribution in [0.15, 0.2) is 48.0 Å². The van der Waals surface area contributed by atoms with E-state index in [2.05, 4.69) is 34.6 Å². The van der Waals surface area contributed by atoms with Gasteiger partial charge in [0.25, 0.3) is 0 Å². The summed E-state index contributed by atoms with van der Waals surface area (Å²) in [5, 5.41) is 2.86. The summed E-state index contributed by atoms with van der Waals surface area (Å²) >= 11 is 1.56. The maximum Gasteiger partial charge on any atom is 0.219 e. The molecule has 1 amide bonds. The fraction of sp³-hybridized carbons (Fsp3) is 0.346. The summed E-state index contributed by atoms with van der Waals surface area (Å²) in [6.45, 7) is 5.37. The van der Waals surface area contributed by atoms with E-state index >= 15 is 0 Å². The quantitative estimate of drug-likeness (QED) is 0.373. The third-order valence-electron chi connectivity index (χ3n) is 6.67. The van der Waals surface area contributed by atoms with Gasteiger partial charge < -0.3 is 9.80 Å². The molecule has 1 aliphatic rings. The number of imidazole rings is 1. The molecule has 1 aromatic carbocycles. The van der Waals surface area contributed by atoms with E-state index in [1.165, 1.54) is 17.7 Å². The number of aryl methyl sites for hydroxylation is 1. The Labute approximate surface area is 202 Å². The number of thiazole rings is 1. The highest BCUT2D eigenvalue weighted by atomic mass is 32.1. The Kier molecular flexibility index (Phi) is 6.08. The molecule has 5 rings (SSSR count). The average molecular weight is 478 g/mol. The number of carbonyl (C=O) groups is 1. The maximum atomic E-state index is 13.3. The van der Waals surface area contributed by atoms with Gasteiger partial charge in [0.1, 0.15) is 17.3 Å². The molecule has 0 unspecified atom stereocenters. The van der Waals surface area contributed by atoms with Crippen molar-refractivity contribution < 1.29 is 9.18 Å². The first-order chi connectivity index (χ1) is 16.4. The number of hydrogen-bond donors (Lipinski definition) is 0. The maximum absolute atomic E-state index is 13.3. The summed E-state index contributed by atoms with van der Waals surface area (Å²) in [5.41, 5.74) is 4.93. The molecular weight excluding hydrogens is 449 g/mol. The Morgan fingerprint density at radius 2 is 1.88 bits per heavy atom. The second-order valence-corrected chi connectivity index (χ2v) is 9.62. The van der Waals surface area contributed by atoms with Gasteiger partial charge in [0.05, 0.1) is 11.4 Å². The molecule has 4 aromatic rings. The van der Waals surface area contributed by atoms with E-state index in [-0.39, 0.29) is 11.7 Å².